The first kappa shape index (κ1) is 16.2. The molecule has 132 valence electrons. The van der Waals surface area contributed by atoms with Gasteiger partial charge < -0.3 is 5.32 Å². The lowest BCUT2D eigenvalue weighted by Crippen LogP contribution is -2.29. The summed E-state index contributed by atoms with van der Waals surface area (Å²) >= 11 is 0. The molecule has 7 nitrogen and oxygen atoms in total. The highest BCUT2D eigenvalue weighted by molar-refractivity contribution is 5.64. The Morgan fingerprint density at radius 1 is 1.32 bits per heavy atom. The normalized spacial score (nSPS) is 23.6. The molecule has 1 N–H and O–H groups in total. The summed E-state index contributed by atoms with van der Waals surface area (Å²) in [5.41, 5.74) is 3.59. The number of rotatable bonds is 4. The van der Waals surface area contributed by atoms with E-state index < -0.39 is 0 Å². The zero-order valence-corrected chi connectivity index (χ0v) is 14.4. The minimum Gasteiger partial charge on any atom is -0.316 e. The number of hydrogen-bond acceptors (Lipinski definition) is 5. The maximum Gasteiger partial charge on any atom is 0.269 e. The van der Waals surface area contributed by atoms with Gasteiger partial charge in [0.05, 0.1) is 10.6 Å². The Hall–Kier alpha value is -2.25. The lowest BCUT2D eigenvalue weighted by Gasteiger charge is -2.22. The fraction of sp³-hybridized carbons (Fsp3) is 0.500. The molecule has 0 saturated carbocycles. The molecule has 2 aliphatic rings. The van der Waals surface area contributed by atoms with Gasteiger partial charge in [-0.3, -0.25) is 19.7 Å². The molecule has 25 heavy (non-hydrogen) atoms. The SMILES string of the molecule is Cn1cc(CN2CCC3(CCNC3)C2)c(-c2ccc([N+](=O)[O-])cc2)n1. The maximum absolute atomic E-state index is 10.8. The number of hydrogen-bond donors (Lipinski definition) is 1. The minimum absolute atomic E-state index is 0.108. The van der Waals surface area contributed by atoms with Crippen LogP contribution < -0.4 is 5.32 Å². The van der Waals surface area contributed by atoms with Gasteiger partial charge in [-0.05, 0) is 43.5 Å². The highest BCUT2D eigenvalue weighted by atomic mass is 16.6. The second kappa shape index (κ2) is 6.24. The van der Waals surface area contributed by atoms with Gasteiger partial charge in [0.15, 0.2) is 0 Å². The number of aryl methyl sites for hydroxylation is 1. The van der Waals surface area contributed by atoms with Crippen LogP contribution in [0.3, 0.4) is 0 Å². The largest absolute Gasteiger partial charge is 0.316 e. The van der Waals surface area contributed by atoms with Crippen LogP contribution in [0.5, 0.6) is 0 Å². The topological polar surface area (TPSA) is 76.2 Å². The van der Waals surface area contributed by atoms with Crippen molar-refractivity contribution in [1.82, 2.24) is 20.0 Å². The number of benzene rings is 1. The van der Waals surface area contributed by atoms with Crippen molar-refractivity contribution in [2.24, 2.45) is 12.5 Å². The third-order valence-corrected chi connectivity index (χ3v) is 5.50. The molecule has 1 atom stereocenters. The van der Waals surface area contributed by atoms with Crippen LogP contribution in [0.4, 0.5) is 5.69 Å². The van der Waals surface area contributed by atoms with Gasteiger partial charge in [0.2, 0.25) is 0 Å². The number of nitrogens with one attached hydrogen (secondary N) is 1. The quantitative estimate of drug-likeness (QED) is 0.681. The van der Waals surface area contributed by atoms with E-state index in [9.17, 15) is 10.1 Å². The van der Waals surface area contributed by atoms with E-state index in [1.807, 2.05) is 11.7 Å². The van der Waals surface area contributed by atoms with Crippen LogP contribution in [0.15, 0.2) is 30.5 Å². The Balaban J connectivity index is 1.54. The average molecular weight is 341 g/mol. The Kier molecular flexibility index (Phi) is 4.05. The predicted molar refractivity (Wildman–Crippen MR) is 95.1 cm³/mol. The molecule has 1 spiro atoms. The molecular weight excluding hydrogens is 318 g/mol. The van der Waals surface area contributed by atoms with Crippen molar-refractivity contribution >= 4 is 5.69 Å². The van der Waals surface area contributed by atoms with Crippen LogP contribution >= 0.6 is 0 Å². The lowest BCUT2D eigenvalue weighted by atomic mass is 9.86. The van der Waals surface area contributed by atoms with Crippen LogP contribution in [-0.2, 0) is 13.6 Å². The third kappa shape index (κ3) is 3.17. The second-order valence-corrected chi connectivity index (χ2v) is 7.37. The maximum atomic E-state index is 10.8. The Labute approximate surface area is 146 Å². The van der Waals surface area contributed by atoms with Crippen LogP contribution in [0, 0.1) is 15.5 Å². The van der Waals surface area contributed by atoms with Crippen molar-refractivity contribution in [2.75, 3.05) is 26.2 Å². The van der Waals surface area contributed by atoms with Crippen molar-refractivity contribution < 1.29 is 4.92 Å². The Morgan fingerprint density at radius 3 is 2.80 bits per heavy atom. The minimum atomic E-state index is -0.373. The lowest BCUT2D eigenvalue weighted by molar-refractivity contribution is -0.384. The Bertz CT molecular complexity index is 777. The highest BCUT2D eigenvalue weighted by Crippen LogP contribution is 2.37. The van der Waals surface area contributed by atoms with Crippen LogP contribution in [-0.4, -0.2) is 45.8 Å². The van der Waals surface area contributed by atoms with Crippen LogP contribution in [0.25, 0.3) is 11.3 Å². The van der Waals surface area contributed by atoms with Crippen LogP contribution in [0.1, 0.15) is 18.4 Å². The van der Waals surface area contributed by atoms with Gasteiger partial charge in [0, 0.05) is 56.1 Å². The summed E-state index contributed by atoms with van der Waals surface area (Å²) in [5.74, 6) is 0. The van der Waals surface area contributed by atoms with E-state index in [-0.39, 0.29) is 10.6 Å². The van der Waals surface area contributed by atoms with E-state index in [4.69, 9.17) is 0 Å². The molecule has 0 radical (unpaired) electrons. The van der Waals surface area contributed by atoms with Gasteiger partial charge in [-0.2, -0.15) is 5.10 Å². The van der Waals surface area contributed by atoms with Gasteiger partial charge in [0.1, 0.15) is 0 Å². The standard InChI is InChI=1S/C18H23N5O2/c1-21-10-15(11-22-9-7-18(13-22)6-8-19-12-18)17(20-21)14-2-4-16(5-3-14)23(24)25/h2-5,10,19H,6-9,11-13H2,1H3. The monoisotopic (exact) mass is 341 g/mol. The van der Waals surface area contributed by atoms with E-state index >= 15 is 0 Å². The van der Waals surface area contributed by atoms with Crippen molar-refractivity contribution in [3.63, 3.8) is 0 Å². The number of nitrogens with zero attached hydrogens (tertiary/aromatic N) is 4. The molecule has 3 heterocycles. The van der Waals surface area contributed by atoms with Gasteiger partial charge in [-0.1, -0.05) is 0 Å². The van der Waals surface area contributed by atoms with Crippen molar-refractivity contribution in [1.29, 1.82) is 0 Å². The Morgan fingerprint density at radius 2 is 2.12 bits per heavy atom. The zero-order valence-electron chi connectivity index (χ0n) is 14.4. The molecule has 0 aliphatic carbocycles. The first-order valence-corrected chi connectivity index (χ1v) is 8.75. The molecule has 2 saturated heterocycles. The first-order chi connectivity index (χ1) is 12.0. The molecular formula is C18H23N5O2. The zero-order chi connectivity index (χ0) is 17.4. The molecule has 0 bridgehead atoms. The number of aromatic nitrogens is 2. The summed E-state index contributed by atoms with van der Waals surface area (Å²) in [5, 5.41) is 18.9. The highest BCUT2D eigenvalue weighted by Gasteiger charge is 2.40. The number of likely N-dealkylation sites (tertiary alicyclic amines) is 1. The molecule has 0 amide bonds. The van der Waals surface area contributed by atoms with E-state index in [1.165, 1.54) is 18.4 Å². The summed E-state index contributed by atoms with van der Waals surface area (Å²) < 4.78 is 1.83. The molecule has 1 aromatic heterocycles. The summed E-state index contributed by atoms with van der Waals surface area (Å²) in [6.07, 6.45) is 4.59. The molecule has 4 rings (SSSR count). The number of non-ortho nitro benzene ring substituents is 1. The molecule has 2 aliphatic heterocycles. The van der Waals surface area contributed by atoms with E-state index in [1.54, 1.807) is 24.3 Å². The molecule has 1 unspecified atom stereocenters. The van der Waals surface area contributed by atoms with Crippen molar-refractivity contribution in [2.45, 2.75) is 19.4 Å². The molecule has 7 heteroatoms. The van der Waals surface area contributed by atoms with E-state index in [0.29, 0.717) is 5.41 Å². The van der Waals surface area contributed by atoms with Gasteiger partial charge in [0.25, 0.3) is 5.69 Å². The van der Waals surface area contributed by atoms with Gasteiger partial charge in [-0.25, -0.2) is 0 Å². The van der Waals surface area contributed by atoms with Gasteiger partial charge >= 0.3 is 0 Å². The first-order valence-electron chi connectivity index (χ1n) is 8.75. The number of nitro groups is 1. The molecule has 1 aromatic carbocycles. The fourth-order valence-corrected chi connectivity index (χ4v) is 4.18. The fourth-order valence-electron chi connectivity index (χ4n) is 4.18. The smallest absolute Gasteiger partial charge is 0.269 e. The third-order valence-electron chi connectivity index (χ3n) is 5.50. The summed E-state index contributed by atoms with van der Waals surface area (Å²) in [7, 11) is 1.92. The van der Waals surface area contributed by atoms with E-state index in [0.717, 1.165) is 44.0 Å². The summed E-state index contributed by atoms with van der Waals surface area (Å²) in [4.78, 5) is 13.0. The van der Waals surface area contributed by atoms with Crippen LogP contribution in [0.2, 0.25) is 0 Å². The summed E-state index contributed by atoms with van der Waals surface area (Å²) in [6, 6.07) is 6.67. The van der Waals surface area contributed by atoms with Gasteiger partial charge in [-0.15, -0.1) is 0 Å². The van der Waals surface area contributed by atoms with Crippen molar-refractivity contribution in [3.05, 3.63) is 46.1 Å². The molecule has 2 fully saturated rings. The summed E-state index contributed by atoms with van der Waals surface area (Å²) in [6.45, 7) is 5.40. The number of nitro benzene ring substituents is 1. The van der Waals surface area contributed by atoms with Crippen molar-refractivity contribution in [3.8, 4) is 11.3 Å². The average Bonchev–Trinajstić information content (AvgIpc) is 3.30. The second-order valence-electron chi connectivity index (χ2n) is 7.37. The van der Waals surface area contributed by atoms with E-state index in [2.05, 4.69) is 21.5 Å². The molecule has 2 aromatic rings. The predicted octanol–water partition coefficient (Wildman–Crippen LogP) is 2.18.